The number of Topliss-reactive ketones (excluding diaryl/α,β-unsaturated/α-hetero) is 1. The fourth-order valence-electron chi connectivity index (χ4n) is 8.48. The molecule has 2 amide bonds. The first-order chi connectivity index (χ1) is 38.0. The first kappa shape index (κ1) is 58.3. The number of carbonyl (C=O) groups is 4. The molecule has 2 fully saturated rings. The number of ketones is 1. The average Bonchev–Trinajstić information content (AvgIpc) is 4.33. The number of cyclic esters (lactones) is 2. The number of aromatic nitrogens is 4. The van der Waals surface area contributed by atoms with Gasteiger partial charge in [0.15, 0.2) is 18.0 Å². The molecule has 10 rings (SSSR count). The molecule has 0 spiro atoms. The van der Waals surface area contributed by atoms with Crippen LogP contribution in [-0.4, -0.2) is 67.4 Å². The van der Waals surface area contributed by atoms with E-state index in [-0.39, 0.29) is 58.6 Å². The van der Waals surface area contributed by atoms with Crippen molar-refractivity contribution in [2.24, 2.45) is 0 Å². The standard InChI is InChI=1S/C26H17F6N3O5.C15H8F6N2O2.C12H11BrO3/c27-25(28,29)16-4-9-19-20(12-16)34(24(38)35(19)17-5-7-18(8-6-17)40-26(30,31)32)13-15-3-1-2-14(10-15)11-21-22(36)33-23(37)39-21;16-14(17,18)8-1-6-12-11(7-8)22-13(24)23(12)9-2-4-10(5-3-9)25-15(19,20)21;13-7-9-3-1-2-8(4-9)5-11-10(14)6-12(15)16-11/h1-10,12,21H,11,13H2,(H,33,36,37);1-7H,(H,22,24);1-4,11H,5-7H2. The second-order valence-electron chi connectivity index (χ2n) is 17.7. The van der Waals surface area contributed by atoms with E-state index < -0.39 is 89.3 Å². The fraction of sp³-hybridized carbons (Fsp3) is 0.208. The minimum Gasteiger partial charge on any atom is -0.454 e. The number of ether oxygens (including phenoxy) is 4. The third kappa shape index (κ3) is 14.5. The molecule has 28 heteroatoms. The SMILES string of the molecule is O=C1CC(=O)C(Cc2cccc(CBr)c2)O1.O=C1NC(=O)C(Cc2cccc(Cn3c(=O)n(-c4ccc(OC(F)(F)F)cc4)c4ccc(C(F)(F)F)cc43)c2)O1.O=c1[nH]c2cc(C(F)(F)F)ccc2n1-c1ccc(OC(F)(F)F)cc1. The van der Waals surface area contributed by atoms with Crippen molar-refractivity contribution in [2.75, 3.05) is 0 Å². The number of H-pyrrole nitrogens is 1. The number of alkyl carbamates (subject to hydrolysis) is 1. The van der Waals surface area contributed by atoms with E-state index in [1.807, 2.05) is 29.6 Å². The lowest BCUT2D eigenvalue weighted by Crippen LogP contribution is -2.26. The van der Waals surface area contributed by atoms with Gasteiger partial charge in [0.25, 0.3) is 5.91 Å². The minimum absolute atomic E-state index is 0.0344. The number of rotatable bonds is 11. The summed E-state index contributed by atoms with van der Waals surface area (Å²) >= 11 is 3.37. The molecule has 0 bridgehead atoms. The summed E-state index contributed by atoms with van der Waals surface area (Å²) in [6.45, 7) is -0.177. The van der Waals surface area contributed by atoms with Crippen molar-refractivity contribution in [1.82, 2.24) is 24.0 Å². The normalized spacial score (nSPS) is 15.6. The highest BCUT2D eigenvalue weighted by Crippen LogP contribution is 2.34. The second-order valence-corrected chi connectivity index (χ2v) is 18.2. The summed E-state index contributed by atoms with van der Waals surface area (Å²) in [6.07, 6.45) is -21.1. The summed E-state index contributed by atoms with van der Waals surface area (Å²) in [7, 11) is 0. The molecule has 0 saturated carbocycles. The van der Waals surface area contributed by atoms with Gasteiger partial charge < -0.3 is 23.9 Å². The maximum atomic E-state index is 13.5. The van der Waals surface area contributed by atoms with Crippen LogP contribution < -0.4 is 26.2 Å². The Hall–Kier alpha value is -8.82. The molecule has 0 aliphatic carbocycles. The van der Waals surface area contributed by atoms with E-state index in [0.717, 1.165) is 90.8 Å². The van der Waals surface area contributed by atoms with E-state index in [9.17, 15) is 81.5 Å². The Kier molecular flexibility index (Phi) is 16.6. The van der Waals surface area contributed by atoms with Crippen LogP contribution in [0.2, 0.25) is 0 Å². The molecule has 2 aromatic heterocycles. The van der Waals surface area contributed by atoms with Crippen molar-refractivity contribution < 1.29 is 90.8 Å². The Morgan fingerprint density at radius 1 is 0.543 bits per heavy atom. The van der Waals surface area contributed by atoms with Crippen LogP contribution in [0.15, 0.2) is 143 Å². The molecule has 2 aliphatic heterocycles. The van der Waals surface area contributed by atoms with Crippen molar-refractivity contribution >= 4 is 61.7 Å². The second kappa shape index (κ2) is 23.1. The quantitative estimate of drug-likeness (QED) is 0.0547. The van der Waals surface area contributed by atoms with Crippen molar-refractivity contribution in [3.63, 3.8) is 0 Å². The van der Waals surface area contributed by atoms with E-state index in [0.29, 0.717) is 17.5 Å². The molecule has 424 valence electrons. The molecule has 0 radical (unpaired) electrons. The summed E-state index contributed by atoms with van der Waals surface area (Å²) in [5, 5.41) is 2.79. The number of hydrogen-bond donors (Lipinski definition) is 2. The number of benzene rings is 6. The van der Waals surface area contributed by atoms with E-state index in [1.54, 1.807) is 24.3 Å². The third-order valence-electron chi connectivity index (χ3n) is 12.0. The number of esters is 1. The van der Waals surface area contributed by atoms with Crippen LogP contribution in [0.1, 0.15) is 39.8 Å². The zero-order valence-electron chi connectivity index (χ0n) is 40.7. The monoisotopic (exact) mass is 1210 g/mol. The van der Waals surface area contributed by atoms with Gasteiger partial charge in [0.2, 0.25) is 0 Å². The van der Waals surface area contributed by atoms with Gasteiger partial charge in [-0.2, -0.15) is 26.3 Å². The van der Waals surface area contributed by atoms with Crippen molar-refractivity contribution in [3.05, 3.63) is 188 Å². The molecular formula is C53H36BrF12N5O10. The lowest BCUT2D eigenvalue weighted by molar-refractivity contribution is -0.275. The van der Waals surface area contributed by atoms with E-state index in [2.05, 4.69) is 30.4 Å². The number of halogens is 13. The number of amides is 2. The van der Waals surface area contributed by atoms with Gasteiger partial charge in [-0.1, -0.05) is 64.5 Å². The molecule has 6 aromatic carbocycles. The van der Waals surface area contributed by atoms with Crippen molar-refractivity contribution in [2.45, 2.75) is 68.4 Å². The Morgan fingerprint density at radius 3 is 1.56 bits per heavy atom. The summed E-state index contributed by atoms with van der Waals surface area (Å²) in [6, 6.07) is 28.5. The molecule has 2 N–H and O–H groups in total. The molecule has 2 saturated heterocycles. The Morgan fingerprint density at radius 2 is 1.05 bits per heavy atom. The molecule has 15 nitrogen and oxygen atoms in total. The fourth-order valence-corrected chi connectivity index (χ4v) is 8.83. The van der Waals surface area contributed by atoms with Crippen LogP contribution >= 0.6 is 15.9 Å². The van der Waals surface area contributed by atoms with Crippen molar-refractivity contribution in [1.29, 1.82) is 0 Å². The van der Waals surface area contributed by atoms with Crippen LogP contribution in [0.5, 0.6) is 11.5 Å². The highest BCUT2D eigenvalue weighted by atomic mass is 79.9. The van der Waals surface area contributed by atoms with Crippen LogP contribution in [0.4, 0.5) is 57.5 Å². The number of carbonyl (C=O) groups excluding carboxylic acids is 4. The molecule has 8 aromatic rings. The topological polar surface area (TPSA) is 182 Å². The summed E-state index contributed by atoms with van der Waals surface area (Å²) in [4.78, 5) is 73.3. The van der Waals surface area contributed by atoms with Gasteiger partial charge >= 0.3 is 48.5 Å². The van der Waals surface area contributed by atoms with Gasteiger partial charge in [-0.05, 0) is 107 Å². The van der Waals surface area contributed by atoms with E-state index >= 15 is 0 Å². The van der Waals surface area contributed by atoms with Gasteiger partial charge in [-0.25, -0.2) is 14.4 Å². The van der Waals surface area contributed by atoms with Gasteiger partial charge in [0.1, 0.15) is 17.9 Å². The Bertz CT molecular complexity index is 3790. The number of nitrogens with zero attached hydrogens (tertiary/aromatic N) is 3. The molecule has 2 unspecified atom stereocenters. The molecular weight excluding hydrogens is 1170 g/mol. The van der Waals surface area contributed by atoms with Gasteiger partial charge in [0, 0.05) is 18.2 Å². The predicted octanol–water partition coefficient (Wildman–Crippen LogP) is 11.2. The minimum atomic E-state index is -4.93. The lowest BCUT2D eigenvalue weighted by Gasteiger charge is -2.10. The maximum Gasteiger partial charge on any atom is 0.573 e. The highest BCUT2D eigenvalue weighted by Gasteiger charge is 2.36. The van der Waals surface area contributed by atoms with Crippen LogP contribution in [0.25, 0.3) is 33.4 Å². The largest absolute Gasteiger partial charge is 0.573 e. The zero-order chi connectivity index (χ0) is 58.8. The number of hydrogen-bond acceptors (Lipinski definition) is 10. The Labute approximate surface area is 454 Å². The first-order valence-electron chi connectivity index (χ1n) is 23.3. The van der Waals surface area contributed by atoms with Crippen LogP contribution in [0, 0.1) is 0 Å². The predicted molar refractivity (Wildman–Crippen MR) is 265 cm³/mol. The van der Waals surface area contributed by atoms with Crippen LogP contribution in [-0.2, 0) is 60.9 Å². The summed E-state index contributed by atoms with van der Waals surface area (Å²) in [5.74, 6) is -2.16. The van der Waals surface area contributed by atoms with Gasteiger partial charge in [-0.15, -0.1) is 26.3 Å². The average molecular weight is 1210 g/mol. The molecule has 4 heterocycles. The highest BCUT2D eigenvalue weighted by molar-refractivity contribution is 9.08. The number of alkyl halides is 13. The molecule has 2 aliphatic rings. The third-order valence-corrected chi connectivity index (χ3v) is 12.6. The van der Waals surface area contributed by atoms with E-state index in [1.165, 1.54) is 24.3 Å². The van der Waals surface area contributed by atoms with E-state index in [4.69, 9.17) is 9.47 Å². The first-order valence-corrected chi connectivity index (χ1v) is 24.5. The zero-order valence-corrected chi connectivity index (χ0v) is 42.3. The number of fused-ring (bicyclic) bond motifs is 2. The summed E-state index contributed by atoms with van der Waals surface area (Å²) < 4.78 is 173. The Balaban J connectivity index is 0.000000178. The number of nitrogens with one attached hydrogen (secondary N) is 2. The van der Waals surface area contributed by atoms with Crippen molar-refractivity contribution in [3.8, 4) is 22.9 Å². The van der Waals surface area contributed by atoms with Crippen LogP contribution in [0.3, 0.4) is 0 Å². The summed E-state index contributed by atoms with van der Waals surface area (Å²) in [5.41, 5.74) is 0.249. The van der Waals surface area contributed by atoms with Gasteiger partial charge in [0.05, 0.1) is 51.1 Å². The lowest BCUT2D eigenvalue weighted by atomic mass is 10.0. The maximum absolute atomic E-state index is 13.5. The number of aromatic amines is 1. The molecule has 2 atom stereocenters. The van der Waals surface area contributed by atoms with Gasteiger partial charge in [-0.3, -0.25) is 33.4 Å². The molecule has 81 heavy (non-hydrogen) atoms. The smallest absolute Gasteiger partial charge is 0.454 e. The number of imide groups is 1. The number of imidazole rings is 2.